The second-order valence-corrected chi connectivity index (χ2v) is 9.95. The first-order chi connectivity index (χ1) is 16.8. The first kappa shape index (κ1) is 25.0. The van der Waals surface area contributed by atoms with E-state index in [-0.39, 0.29) is 24.0 Å². The van der Waals surface area contributed by atoms with Crippen LogP contribution in [0.1, 0.15) is 57.1 Å². The van der Waals surface area contributed by atoms with Gasteiger partial charge in [-0.05, 0) is 57.5 Å². The van der Waals surface area contributed by atoms with Crippen LogP contribution in [0.25, 0.3) is 0 Å². The molecule has 2 atom stereocenters. The predicted molar refractivity (Wildman–Crippen MR) is 136 cm³/mol. The van der Waals surface area contributed by atoms with Gasteiger partial charge in [0, 0.05) is 41.4 Å². The van der Waals surface area contributed by atoms with Gasteiger partial charge in [0.25, 0.3) is 11.8 Å². The smallest absolute Gasteiger partial charge is 0.254 e. The summed E-state index contributed by atoms with van der Waals surface area (Å²) in [7, 11) is 0. The summed E-state index contributed by atoms with van der Waals surface area (Å²) in [6.45, 7) is 9.34. The van der Waals surface area contributed by atoms with E-state index in [9.17, 15) is 9.59 Å². The van der Waals surface area contributed by atoms with E-state index in [0.717, 1.165) is 27.5 Å². The second kappa shape index (κ2) is 11.1. The number of carbonyl (C=O) groups is 2. The highest BCUT2D eigenvalue weighted by molar-refractivity contribution is 7.98. The molecule has 184 valence electrons. The summed E-state index contributed by atoms with van der Waals surface area (Å²) < 4.78 is 11.0. The quantitative estimate of drug-likeness (QED) is 0.478. The number of thioether (sulfide) groups is 1. The van der Waals surface area contributed by atoms with Gasteiger partial charge in [-0.1, -0.05) is 29.4 Å². The van der Waals surface area contributed by atoms with Crippen molar-refractivity contribution in [3.63, 3.8) is 0 Å². The monoisotopic (exact) mass is 493 g/mol. The van der Waals surface area contributed by atoms with E-state index >= 15 is 0 Å². The van der Waals surface area contributed by atoms with Crippen LogP contribution in [0.2, 0.25) is 0 Å². The van der Waals surface area contributed by atoms with E-state index < -0.39 is 0 Å². The molecule has 35 heavy (non-hydrogen) atoms. The van der Waals surface area contributed by atoms with Crippen LogP contribution >= 0.6 is 11.8 Å². The molecule has 2 heterocycles. The number of carbonyl (C=O) groups excluding carboxylic acids is 2. The summed E-state index contributed by atoms with van der Waals surface area (Å²) >= 11 is 1.59. The summed E-state index contributed by atoms with van der Waals surface area (Å²) in [5.41, 5.74) is 4.13. The fraction of sp³-hybridized carbons (Fsp3) is 0.370. The maximum atomic E-state index is 12.9. The van der Waals surface area contributed by atoms with Gasteiger partial charge >= 0.3 is 0 Å². The number of hydrogen-bond acceptors (Lipinski definition) is 6. The van der Waals surface area contributed by atoms with Crippen molar-refractivity contribution in [2.45, 2.75) is 57.1 Å². The molecule has 0 bridgehead atoms. The molecule has 0 aliphatic carbocycles. The Morgan fingerprint density at radius 3 is 2.40 bits per heavy atom. The first-order valence-electron chi connectivity index (χ1n) is 11.8. The molecule has 0 radical (unpaired) electrons. The molecule has 1 N–H and O–H groups in total. The van der Waals surface area contributed by atoms with Gasteiger partial charge in [0.05, 0.1) is 23.5 Å². The van der Waals surface area contributed by atoms with Crippen molar-refractivity contribution >= 4 is 23.6 Å². The van der Waals surface area contributed by atoms with E-state index in [1.165, 1.54) is 0 Å². The number of morpholine rings is 1. The fourth-order valence-electron chi connectivity index (χ4n) is 4.21. The molecule has 4 rings (SSSR count). The van der Waals surface area contributed by atoms with Gasteiger partial charge in [-0.25, -0.2) is 0 Å². The standard InChI is InChI=1S/C27H31N3O4S/c1-17-14-30(15-18(2)33-17)27(32)22-11-9-21(10-12-22)13-28-26(31)23-7-5-6-8-25(23)35-16-24-19(3)29-34-20(24)4/h5-12,17-18H,13-16H2,1-4H3,(H,28,31). The summed E-state index contributed by atoms with van der Waals surface area (Å²) in [6.07, 6.45) is 0.0604. The van der Waals surface area contributed by atoms with E-state index in [2.05, 4.69) is 10.5 Å². The number of ether oxygens (including phenoxy) is 1. The molecule has 0 saturated carbocycles. The molecule has 1 saturated heterocycles. The maximum absolute atomic E-state index is 12.9. The van der Waals surface area contributed by atoms with Crippen LogP contribution in [-0.4, -0.2) is 47.2 Å². The topological polar surface area (TPSA) is 84.7 Å². The van der Waals surface area contributed by atoms with Crippen LogP contribution in [0.15, 0.2) is 57.9 Å². The zero-order valence-electron chi connectivity index (χ0n) is 20.5. The van der Waals surface area contributed by atoms with Crippen LogP contribution in [0.3, 0.4) is 0 Å². The molecule has 1 fully saturated rings. The van der Waals surface area contributed by atoms with Gasteiger partial charge in [-0.2, -0.15) is 0 Å². The molecule has 1 aliphatic heterocycles. The lowest BCUT2D eigenvalue weighted by molar-refractivity contribution is -0.0586. The first-order valence-corrected chi connectivity index (χ1v) is 12.8. The summed E-state index contributed by atoms with van der Waals surface area (Å²) in [5.74, 6) is 1.36. The number of benzene rings is 2. The summed E-state index contributed by atoms with van der Waals surface area (Å²) in [5, 5.41) is 7.00. The van der Waals surface area contributed by atoms with Gasteiger partial charge in [0.2, 0.25) is 0 Å². The van der Waals surface area contributed by atoms with Crippen LogP contribution in [0, 0.1) is 13.8 Å². The molecule has 3 aromatic rings. The van der Waals surface area contributed by atoms with E-state index in [1.807, 2.05) is 81.1 Å². The normalized spacial score (nSPS) is 17.9. The number of aryl methyl sites for hydroxylation is 2. The van der Waals surface area contributed by atoms with Gasteiger partial charge in [-0.3, -0.25) is 9.59 Å². The van der Waals surface area contributed by atoms with Gasteiger partial charge in [-0.15, -0.1) is 11.8 Å². The number of aromatic nitrogens is 1. The van der Waals surface area contributed by atoms with Crippen molar-refractivity contribution in [3.8, 4) is 0 Å². The summed E-state index contributed by atoms with van der Waals surface area (Å²) in [6, 6.07) is 15.0. The fourth-order valence-corrected chi connectivity index (χ4v) is 5.41. The minimum atomic E-state index is -0.136. The minimum absolute atomic E-state index is 0.00633. The van der Waals surface area contributed by atoms with E-state index in [1.54, 1.807) is 11.8 Å². The molecule has 2 unspecified atom stereocenters. The lowest BCUT2D eigenvalue weighted by Crippen LogP contribution is -2.48. The third-order valence-corrected chi connectivity index (χ3v) is 7.15. The molecule has 7 nitrogen and oxygen atoms in total. The predicted octanol–water partition coefficient (Wildman–Crippen LogP) is 4.76. The third kappa shape index (κ3) is 6.13. The lowest BCUT2D eigenvalue weighted by Gasteiger charge is -2.35. The Morgan fingerprint density at radius 1 is 1.06 bits per heavy atom. The van der Waals surface area contributed by atoms with Crippen molar-refractivity contribution in [2.24, 2.45) is 0 Å². The van der Waals surface area contributed by atoms with Crippen molar-refractivity contribution in [3.05, 3.63) is 82.2 Å². The third-order valence-electron chi connectivity index (χ3n) is 6.05. The molecular formula is C27H31N3O4S. The highest BCUT2D eigenvalue weighted by Crippen LogP contribution is 2.29. The maximum Gasteiger partial charge on any atom is 0.254 e. The second-order valence-electron chi connectivity index (χ2n) is 8.93. The van der Waals surface area contributed by atoms with Crippen LogP contribution in [0.5, 0.6) is 0 Å². The lowest BCUT2D eigenvalue weighted by atomic mass is 10.1. The molecule has 8 heteroatoms. The molecule has 2 amide bonds. The van der Waals surface area contributed by atoms with Crippen molar-refractivity contribution in [1.29, 1.82) is 0 Å². The van der Waals surface area contributed by atoms with Crippen molar-refractivity contribution in [2.75, 3.05) is 13.1 Å². The molecule has 0 spiro atoms. The zero-order valence-corrected chi connectivity index (χ0v) is 21.4. The van der Waals surface area contributed by atoms with Gasteiger partial charge in [0.1, 0.15) is 5.76 Å². The Kier molecular flexibility index (Phi) is 7.93. The average Bonchev–Trinajstić information content (AvgIpc) is 3.17. The highest BCUT2D eigenvalue weighted by Gasteiger charge is 2.26. The Morgan fingerprint density at radius 2 is 1.74 bits per heavy atom. The molecule has 1 aromatic heterocycles. The minimum Gasteiger partial charge on any atom is -0.372 e. The largest absolute Gasteiger partial charge is 0.372 e. The number of rotatable bonds is 7. The van der Waals surface area contributed by atoms with Crippen LogP contribution < -0.4 is 5.32 Å². The van der Waals surface area contributed by atoms with Crippen molar-refractivity contribution in [1.82, 2.24) is 15.4 Å². The highest BCUT2D eigenvalue weighted by atomic mass is 32.2. The Balaban J connectivity index is 1.35. The van der Waals surface area contributed by atoms with Crippen LogP contribution in [-0.2, 0) is 17.0 Å². The molecular weight excluding hydrogens is 462 g/mol. The summed E-state index contributed by atoms with van der Waals surface area (Å²) in [4.78, 5) is 28.6. The number of nitrogens with zero attached hydrogens (tertiary/aromatic N) is 2. The number of hydrogen-bond donors (Lipinski definition) is 1. The zero-order chi connectivity index (χ0) is 24.9. The Bertz CT molecular complexity index is 1160. The molecule has 2 aromatic carbocycles. The van der Waals surface area contributed by atoms with Crippen LogP contribution in [0.4, 0.5) is 0 Å². The SMILES string of the molecule is Cc1noc(C)c1CSc1ccccc1C(=O)NCc1ccc(C(=O)N2CC(C)OC(C)C2)cc1. The van der Waals surface area contributed by atoms with Gasteiger partial charge in [0.15, 0.2) is 0 Å². The van der Waals surface area contributed by atoms with E-state index in [4.69, 9.17) is 9.26 Å². The van der Waals surface area contributed by atoms with Gasteiger partial charge < -0.3 is 19.5 Å². The number of nitrogens with one attached hydrogen (secondary N) is 1. The number of amides is 2. The molecule has 1 aliphatic rings. The van der Waals surface area contributed by atoms with Crippen molar-refractivity contribution < 1.29 is 18.8 Å². The Hall–Kier alpha value is -3.10. The van der Waals surface area contributed by atoms with E-state index in [0.29, 0.717) is 36.5 Å². The average molecular weight is 494 g/mol. The Labute approximate surface area is 210 Å².